The first kappa shape index (κ1) is 9.96. The number of amidine groups is 1. The molecule has 0 bridgehead atoms. The van der Waals surface area contributed by atoms with Gasteiger partial charge < -0.3 is 10.6 Å². The summed E-state index contributed by atoms with van der Waals surface area (Å²) in [7, 11) is 0. The van der Waals surface area contributed by atoms with Gasteiger partial charge in [-0.3, -0.25) is 10.4 Å². The molecule has 1 aromatic rings. The Balaban J connectivity index is 2.19. The lowest BCUT2D eigenvalue weighted by Gasteiger charge is -2.28. The second kappa shape index (κ2) is 4.29. The molecule has 1 aromatic heterocycles. The standard InChI is InChI=1S/C11H16N4/c12-11(13)10-8-9(4-5-14-10)15-6-2-1-3-7-15/h4-5,8H,1-3,6-7H2,(H3,12,13). The molecule has 15 heavy (non-hydrogen) atoms. The monoisotopic (exact) mass is 204 g/mol. The van der Waals surface area contributed by atoms with Gasteiger partial charge in [-0.1, -0.05) is 0 Å². The highest BCUT2D eigenvalue weighted by atomic mass is 15.1. The average molecular weight is 204 g/mol. The maximum Gasteiger partial charge on any atom is 0.141 e. The number of hydrogen-bond donors (Lipinski definition) is 2. The fourth-order valence-corrected chi connectivity index (χ4v) is 1.92. The van der Waals surface area contributed by atoms with Gasteiger partial charge in [0.25, 0.3) is 0 Å². The summed E-state index contributed by atoms with van der Waals surface area (Å²) in [6.07, 6.45) is 5.54. The number of nitrogen functional groups attached to an aromatic ring is 1. The Morgan fingerprint density at radius 2 is 2.07 bits per heavy atom. The summed E-state index contributed by atoms with van der Waals surface area (Å²) in [5.41, 5.74) is 7.12. The van der Waals surface area contributed by atoms with Gasteiger partial charge >= 0.3 is 0 Å². The van der Waals surface area contributed by atoms with E-state index in [1.165, 1.54) is 19.3 Å². The molecule has 0 radical (unpaired) electrons. The van der Waals surface area contributed by atoms with Crippen molar-refractivity contribution >= 4 is 11.5 Å². The van der Waals surface area contributed by atoms with Crippen LogP contribution in [0.15, 0.2) is 18.3 Å². The van der Waals surface area contributed by atoms with E-state index in [9.17, 15) is 0 Å². The van der Waals surface area contributed by atoms with Crippen molar-refractivity contribution in [2.24, 2.45) is 5.73 Å². The lowest BCUT2D eigenvalue weighted by molar-refractivity contribution is 0.577. The van der Waals surface area contributed by atoms with Crippen molar-refractivity contribution in [3.63, 3.8) is 0 Å². The van der Waals surface area contributed by atoms with Crippen molar-refractivity contribution in [1.29, 1.82) is 5.41 Å². The molecule has 0 aromatic carbocycles. The van der Waals surface area contributed by atoms with Crippen molar-refractivity contribution in [2.45, 2.75) is 19.3 Å². The van der Waals surface area contributed by atoms with Crippen molar-refractivity contribution in [2.75, 3.05) is 18.0 Å². The van der Waals surface area contributed by atoms with Gasteiger partial charge in [0.15, 0.2) is 0 Å². The summed E-state index contributed by atoms with van der Waals surface area (Å²) in [5, 5.41) is 7.34. The third-order valence-electron chi connectivity index (χ3n) is 2.74. The largest absolute Gasteiger partial charge is 0.382 e. The molecule has 1 saturated heterocycles. The number of pyridine rings is 1. The minimum atomic E-state index is 0.0360. The predicted molar refractivity (Wildman–Crippen MR) is 61.3 cm³/mol. The quantitative estimate of drug-likeness (QED) is 0.564. The molecule has 0 saturated carbocycles. The summed E-state index contributed by atoms with van der Waals surface area (Å²) >= 11 is 0. The van der Waals surface area contributed by atoms with Gasteiger partial charge in [0.05, 0.1) is 0 Å². The molecule has 4 heteroatoms. The summed E-state index contributed by atoms with van der Waals surface area (Å²) in [5.74, 6) is 0.0360. The molecule has 0 atom stereocenters. The predicted octanol–water partition coefficient (Wildman–Crippen LogP) is 1.36. The van der Waals surface area contributed by atoms with Crippen molar-refractivity contribution in [3.8, 4) is 0 Å². The number of nitrogens with one attached hydrogen (secondary N) is 1. The Bertz CT molecular complexity index is 355. The Labute approximate surface area is 89.6 Å². The number of hydrogen-bond acceptors (Lipinski definition) is 3. The van der Waals surface area contributed by atoms with Crippen LogP contribution in [0.5, 0.6) is 0 Å². The van der Waals surface area contributed by atoms with Gasteiger partial charge in [-0.25, -0.2) is 0 Å². The lowest BCUT2D eigenvalue weighted by atomic mass is 10.1. The number of piperidine rings is 1. The van der Waals surface area contributed by atoms with Crippen LogP contribution in [0.25, 0.3) is 0 Å². The normalized spacial score (nSPS) is 16.4. The Morgan fingerprint density at radius 1 is 1.33 bits per heavy atom. The molecule has 4 nitrogen and oxygen atoms in total. The highest BCUT2D eigenvalue weighted by Gasteiger charge is 2.11. The summed E-state index contributed by atoms with van der Waals surface area (Å²) in [6, 6.07) is 3.88. The van der Waals surface area contributed by atoms with Gasteiger partial charge in [-0.05, 0) is 31.4 Å². The smallest absolute Gasteiger partial charge is 0.141 e. The number of aromatic nitrogens is 1. The molecule has 1 fully saturated rings. The van der Waals surface area contributed by atoms with Crippen LogP contribution in [0.3, 0.4) is 0 Å². The number of nitrogens with two attached hydrogens (primary N) is 1. The highest BCUT2D eigenvalue weighted by molar-refractivity contribution is 5.93. The molecule has 0 aliphatic carbocycles. The molecule has 0 amide bonds. The third-order valence-corrected chi connectivity index (χ3v) is 2.74. The Kier molecular flexibility index (Phi) is 2.85. The molecule has 0 spiro atoms. The molecule has 1 aliphatic heterocycles. The molecular weight excluding hydrogens is 188 g/mol. The number of nitrogens with zero attached hydrogens (tertiary/aromatic N) is 2. The fraction of sp³-hybridized carbons (Fsp3) is 0.455. The third kappa shape index (κ3) is 2.26. The number of rotatable bonds is 2. The van der Waals surface area contributed by atoms with Crippen molar-refractivity contribution in [3.05, 3.63) is 24.0 Å². The van der Waals surface area contributed by atoms with E-state index in [1.54, 1.807) is 6.20 Å². The minimum absolute atomic E-state index is 0.0360. The molecule has 0 unspecified atom stereocenters. The molecule has 80 valence electrons. The van der Waals surface area contributed by atoms with E-state index in [0.29, 0.717) is 5.69 Å². The Morgan fingerprint density at radius 3 is 2.73 bits per heavy atom. The fourth-order valence-electron chi connectivity index (χ4n) is 1.92. The van der Waals surface area contributed by atoms with Crippen LogP contribution in [0.4, 0.5) is 5.69 Å². The van der Waals surface area contributed by atoms with E-state index in [1.807, 2.05) is 12.1 Å². The van der Waals surface area contributed by atoms with Crippen molar-refractivity contribution in [1.82, 2.24) is 4.98 Å². The molecule has 2 rings (SSSR count). The second-order valence-electron chi connectivity index (χ2n) is 3.86. The van der Waals surface area contributed by atoms with Gasteiger partial charge in [-0.2, -0.15) is 0 Å². The molecule has 3 N–H and O–H groups in total. The highest BCUT2D eigenvalue weighted by Crippen LogP contribution is 2.19. The zero-order valence-electron chi connectivity index (χ0n) is 8.74. The van der Waals surface area contributed by atoms with E-state index in [4.69, 9.17) is 11.1 Å². The van der Waals surface area contributed by atoms with Crippen molar-refractivity contribution < 1.29 is 0 Å². The first-order chi connectivity index (χ1) is 7.27. The zero-order chi connectivity index (χ0) is 10.7. The summed E-state index contributed by atoms with van der Waals surface area (Å²) in [4.78, 5) is 6.39. The van der Waals surface area contributed by atoms with Crippen LogP contribution >= 0.6 is 0 Å². The summed E-state index contributed by atoms with van der Waals surface area (Å²) in [6.45, 7) is 2.20. The summed E-state index contributed by atoms with van der Waals surface area (Å²) < 4.78 is 0. The van der Waals surface area contributed by atoms with E-state index < -0.39 is 0 Å². The molecular formula is C11H16N4. The van der Waals surface area contributed by atoms with E-state index >= 15 is 0 Å². The number of anilines is 1. The average Bonchev–Trinajstić information content (AvgIpc) is 2.30. The Hall–Kier alpha value is -1.58. The van der Waals surface area contributed by atoms with Crippen LogP contribution in [-0.4, -0.2) is 23.9 Å². The van der Waals surface area contributed by atoms with Gasteiger partial charge in [0.1, 0.15) is 11.5 Å². The lowest BCUT2D eigenvalue weighted by Crippen LogP contribution is -2.29. The SMILES string of the molecule is N=C(N)c1cc(N2CCCCC2)ccn1. The van der Waals surface area contributed by atoms with Gasteiger partial charge in [0, 0.05) is 25.0 Å². The van der Waals surface area contributed by atoms with Crippen LogP contribution in [-0.2, 0) is 0 Å². The topological polar surface area (TPSA) is 66.0 Å². The van der Waals surface area contributed by atoms with Crippen LogP contribution in [0.1, 0.15) is 25.0 Å². The van der Waals surface area contributed by atoms with E-state index in [0.717, 1.165) is 18.8 Å². The minimum Gasteiger partial charge on any atom is -0.382 e. The van der Waals surface area contributed by atoms with Gasteiger partial charge in [-0.15, -0.1) is 0 Å². The molecule has 1 aliphatic rings. The molecule has 2 heterocycles. The van der Waals surface area contributed by atoms with Crippen LogP contribution in [0, 0.1) is 5.41 Å². The first-order valence-electron chi connectivity index (χ1n) is 5.33. The maximum atomic E-state index is 7.34. The first-order valence-corrected chi connectivity index (χ1v) is 5.33. The maximum absolute atomic E-state index is 7.34. The van der Waals surface area contributed by atoms with Crippen LogP contribution < -0.4 is 10.6 Å². The zero-order valence-corrected chi connectivity index (χ0v) is 8.74. The van der Waals surface area contributed by atoms with Gasteiger partial charge in [0.2, 0.25) is 0 Å². The van der Waals surface area contributed by atoms with E-state index in [-0.39, 0.29) is 5.84 Å². The second-order valence-corrected chi connectivity index (χ2v) is 3.86. The van der Waals surface area contributed by atoms with E-state index in [2.05, 4.69) is 9.88 Å². The van der Waals surface area contributed by atoms with Crippen LogP contribution in [0.2, 0.25) is 0 Å².